The highest BCUT2D eigenvalue weighted by Crippen LogP contribution is 2.28. The Labute approximate surface area is 152 Å². The third-order valence-electron chi connectivity index (χ3n) is 4.31. The van der Waals surface area contributed by atoms with Gasteiger partial charge < -0.3 is 14.7 Å². The van der Waals surface area contributed by atoms with Crippen molar-refractivity contribution in [3.05, 3.63) is 35.6 Å². The molecule has 3 amide bonds. The Bertz CT molecular complexity index is 836. The van der Waals surface area contributed by atoms with E-state index in [1.54, 1.807) is 17.0 Å². The van der Waals surface area contributed by atoms with Crippen molar-refractivity contribution in [3.63, 3.8) is 0 Å². The first-order chi connectivity index (χ1) is 12.2. The molecule has 2 N–H and O–H groups in total. The Morgan fingerprint density at radius 1 is 1.23 bits per heavy atom. The molecule has 1 aliphatic heterocycles. The standard InChI is InChI=1S/C19H24N4O3/c1-12-10-13(7-8-14(12)23-9-5-6-17(23)24)20-18(25)21-16-11-15(26-22-16)19(2,3)4/h7-8,10-11H,5-6,9H2,1-4H3,(H2,20,21,22,25). The number of carbonyl (C=O) groups is 2. The maximum absolute atomic E-state index is 12.2. The Balaban J connectivity index is 1.65. The van der Waals surface area contributed by atoms with Crippen molar-refractivity contribution >= 4 is 29.1 Å². The van der Waals surface area contributed by atoms with Crippen LogP contribution in [0.5, 0.6) is 0 Å². The zero-order valence-electron chi connectivity index (χ0n) is 15.5. The minimum atomic E-state index is -0.400. The minimum absolute atomic E-state index is 0.146. The van der Waals surface area contributed by atoms with Crippen LogP contribution < -0.4 is 15.5 Å². The first-order valence-corrected chi connectivity index (χ1v) is 8.70. The quantitative estimate of drug-likeness (QED) is 0.868. The lowest BCUT2D eigenvalue weighted by Gasteiger charge is -2.19. The summed E-state index contributed by atoms with van der Waals surface area (Å²) in [5.74, 6) is 1.21. The molecule has 2 aromatic rings. The van der Waals surface area contributed by atoms with E-state index in [-0.39, 0.29) is 11.3 Å². The molecule has 3 rings (SSSR count). The van der Waals surface area contributed by atoms with Crippen molar-refractivity contribution in [1.82, 2.24) is 5.16 Å². The first-order valence-electron chi connectivity index (χ1n) is 8.70. The van der Waals surface area contributed by atoms with Gasteiger partial charge in [0.25, 0.3) is 0 Å². The van der Waals surface area contributed by atoms with E-state index in [0.717, 1.165) is 24.2 Å². The number of aromatic nitrogens is 1. The molecule has 0 spiro atoms. The molecule has 26 heavy (non-hydrogen) atoms. The summed E-state index contributed by atoms with van der Waals surface area (Å²) in [7, 11) is 0. The highest BCUT2D eigenvalue weighted by molar-refractivity contribution is 6.00. The number of benzene rings is 1. The lowest BCUT2D eigenvalue weighted by Crippen LogP contribution is -2.24. The number of aryl methyl sites for hydroxylation is 1. The molecule has 1 fully saturated rings. The van der Waals surface area contributed by atoms with Crippen molar-refractivity contribution in [2.45, 2.75) is 46.0 Å². The number of rotatable bonds is 3. The average molecular weight is 356 g/mol. The van der Waals surface area contributed by atoms with Crippen molar-refractivity contribution in [2.75, 3.05) is 22.1 Å². The normalized spacial score (nSPS) is 14.6. The fourth-order valence-corrected chi connectivity index (χ4v) is 2.91. The van der Waals surface area contributed by atoms with Crippen molar-refractivity contribution < 1.29 is 14.1 Å². The maximum Gasteiger partial charge on any atom is 0.324 e. The molecule has 7 nitrogen and oxygen atoms in total. The zero-order valence-corrected chi connectivity index (χ0v) is 15.5. The Morgan fingerprint density at radius 2 is 2.00 bits per heavy atom. The maximum atomic E-state index is 12.2. The van der Waals surface area contributed by atoms with Crippen molar-refractivity contribution in [3.8, 4) is 0 Å². The highest BCUT2D eigenvalue weighted by Gasteiger charge is 2.23. The number of anilines is 3. The number of hydrogen-bond acceptors (Lipinski definition) is 4. The van der Waals surface area contributed by atoms with Gasteiger partial charge in [0.1, 0.15) is 5.76 Å². The molecule has 0 atom stereocenters. The van der Waals surface area contributed by atoms with Crippen LogP contribution >= 0.6 is 0 Å². The third kappa shape index (κ3) is 3.87. The summed E-state index contributed by atoms with van der Waals surface area (Å²) in [4.78, 5) is 25.9. The predicted molar refractivity (Wildman–Crippen MR) is 101 cm³/mol. The van der Waals surface area contributed by atoms with Gasteiger partial charge in [-0.2, -0.15) is 0 Å². The molecule has 7 heteroatoms. The molecule has 1 aromatic heterocycles. The number of carbonyl (C=O) groups excluding carboxylic acids is 2. The van der Waals surface area contributed by atoms with Gasteiger partial charge in [0.05, 0.1) is 0 Å². The molecule has 0 unspecified atom stereocenters. The predicted octanol–water partition coefficient (Wildman–Crippen LogP) is 4.05. The monoisotopic (exact) mass is 356 g/mol. The van der Waals surface area contributed by atoms with Crippen LogP contribution in [0.3, 0.4) is 0 Å². The van der Waals surface area contributed by atoms with Gasteiger partial charge in [0, 0.05) is 35.8 Å². The summed E-state index contributed by atoms with van der Waals surface area (Å²) in [6, 6.07) is 6.82. The van der Waals surface area contributed by atoms with Gasteiger partial charge in [0.2, 0.25) is 5.91 Å². The largest absolute Gasteiger partial charge is 0.359 e. The van der Waals surface area contributed by atoms with Crippen LogP contribution in [0.15, 0.2) is 28.8 Å². The summed E-state index contributed by atoms with van der Waals surface area (Å²) in [6.45, 7) is 8.69. The molecular weight excluding hydrogens is 332 g/mol. The second kappa shape index (κ2) is 6.82. The number of amides is 3. The second-order valence-corrected chi connectivity index (χ2v) is 7.56. The Morgan fingerprint density at radius 3 is 2.58 bits per heavy atom. The molecule has 1 aliphatic rings. The van der Waals surface area contributed by atoms with Crippen LogP contribution in [0.4, 0.5) is 22.0 Å². The van der Waals surface area contributed by atoms with Gasteiger partial charge in [-0.1, -0.05) is 25.9 Å². The minimum Gasteiger partial charge on any atom is -0.359 e. The summed E-state index contributed by atoms with van der Waals surface area (Å²) in [6.07, 6.45) is 1.48. The van der Waals surface area contributed by atoms with Crippen LogP contribution in [0.2, 0.25) is 0 Å². The van der Waals surface area contributed by atoms with Crippen LogP contribution in [0.1, 0.15) is 44.9 Å². The molecular formula is C19H24N4O3. The van der Waals surface area contributed by atoms with E-state index in [0.29, 0.717) is 23.7 Å². The van der Waals surface area contributed by atoms with E-state index in [9.17, 15) is 9.59 Å². The lowest BCUT2D eigenvalue weighted by molar-refractivity contribution is -0.117. The van der Waals surface area contributed by atoms with E-state index >= 15 is 0 Å². The van der Waals surface area contributed by atoms with Crippen molar-refractivity contribution in [2.24, 2.45) is 0 Å². The van der Waals surface area contributed by atoms with E-state index in [2.05, 4.69) is 15.8 Å². The van der Waals surface area contributed by atoms with Gasteiger partial charge in [-0.25, -0.2) is 4.79 Å². The van der Waals surface area contributed by atoms with E-state index in [4.69, 9.17) is 4.52 Å². The van der Waals surface area contributed by atoms with Crippen LogP contribution in [-0.4, -0.2) is 23.6 Å². The summed E-state index contributed by atoms with van der Waals surface area (Å²) < 4.78 is 5.25. The number of nitrogens with zero attached hydrogens (tertiary/aromatic N) is 2. The van der Waals surface area contributed by atoms with E-state index < -0.39 is 6.03 Å². The lowest BCUT2D eigenvalue weighted by atomic mass is 9.93. The number of hydrogen-bond donors (Lipinski definition) is 2. The molecule has 1 saturated heterocycles. The van der Waals surface area contributed by atoms with Gasteiger partial charge >= 0.3 is 6.03 Å². The summed E-state index contributed by atoms with van der Waals surface area (Å²) in [5.41, 5.74) is 2.30. The first kappa shape index (κ1) is 18.0. The summed E-state index contributed by atoms with van der Waals surface area (Å²) >= 11 is 0. The number of nitrogens with one attached hydrogen (secondary N) is 2. The SMILES string of the molecule is Cc1cc(NC(=O)Nc2cc(C(C)(C)C)on2)ccc1N1CCCC1=O. The van der Waals surface area contributed by atoms with Gasteiger partial charge in [0.15, 0.2) is 5.82 Å². The third-order valence-corrected chi connectivity index (χ3v) is 4.31. The van der Waals surface area contributed by atoms with Crippen molar-refractivity contribution in [1.29, 1.82) is 0 Å². The zero-order chi connectivity index (χ0) is 18.9. The van der Waals surface area contributed by atoms with Crippen LogP contribution in [-0.2, 0) is 10.2 Å². The topological polar surface area (TPSA) is 87.5 Å². The Hall–Kier alpha value is -2.83. The molecule has 1 aromatic carbocycles. The molecule has 0 radical (unpaired) electrons. The van der Waals surface area contributed by atoms with Gasteiger partial charge in [-0.05, 0) is 37.1 Å². The Kier molecular flexibility index (Phi) is 4.71. The van der Waals surface area contributed by atoms with Gasteiger partial charge in [-0.3, -0.25) is 10.1 Å². The molecule has 2 heterocycles. The van der Waals surface area contributed by atoms with E-state index in [1.165, 1.54) is 0 Å². The molecule has 0 bridgehead atoms. The fourth-order valence-electron chi connectivity index (χ4n) is 2.91. The number of urea groups is 1. The summed E-state index contributed by atoms with van der Waals surface area (Å²) in [5, 5.41) is 9.30. The highest BCUT2D eigenvalue weighted by atomic mass is 16.5. The van der Waals surface area contributed by atoms with Crippen LogP contribution in [0, 0.1) is 6.92 Å². The molecule has 0 aliphatic carbocycles. The molecule has 138 valence electrons. The second-order valence-electron chi connectivity index (χ2n) is 7.56. The smallest absolute Gasteiger partial charge is 0.324 e. The van der Waals surface area contributed by atoms with Gasteiger partial charge in [-0.15, -0.1) is 0 Å². The average Bonchev–Trinajstić information content (AvgIpc) is 3.16. The molecule has 0 saturated carbocycles. The fraction of sp³-hybridized carbons (Fsp3) is 0.421. The van der Waals surface area contributed by atoms with Crippen LogP contribution in [0.25, 0.3) is 0 Å². The van der Waals surface area contributed by atoms with E-state index in [1.807, 2.05) is 39.8 Å².